The Morgan fingerprint density at radius 3 is 2.64 bits per heavy atom. The van der Waals surface area contributed by atoms with Gasteiger partial charge in [-0.2, -0.15) is 0 Å². The molecule has 3 rings (SSSR count). The standard InChI is InChI=1S/C17H26N2O3/c1-19-9-11-7-15(21-2)16(22-3)8-12(11)13(10-19)17(20)14-5-4-6-18-14/h7-8,13-14,17-18,20H,4-6,9-10H2,1-3H3. The van der Waals surface area contributed by atoms with Crippen molar-refractivity contribution in [1.29, 1.82) is 0 Å². The minimum Gasteiger partial charge on any atom is -0.493 e. The van der Waals surface area contributed by atoms with E-state index in [0.29, 0.717) is 0 Å². The third-order valence-corrected chi connectivity index (χ3v) is 4.92. The molecule has 1 aromatic carbocycles. The molecule has 2 aliphatic heterocycles. The average molecular weight is 306 g/mol. The van der Waals surface area contributed by atoms with Gasteiger partial charge in [0.1, 0.15) is 0 Å². The van der Waals surface area contributed by atoms with Crippen molar-refractivity contribution in [3.05, 3.63) is 23.3 Å². The molecule has 3 atom stereocenters. The number of aliphatic hydroxyl groups excluding tert-OH is 1. The van der Waals surface area contributed by atoms with Gasteiger partial charge in [-0.3, -0.25) is 0 Å². The third-order valence-electron chi connectivity index (χ3n) is 4.92. The first kappa shape index (κ1) is 15.6. The van der Waals surface area contributed by atoms with Crippen LogP contribution in [0, 0.1) is 0 Å². The molecule has 1 aromatic rings. The molecule has 0 aliphatic carbocycles. The number of nitrogens with zero attached hydrogens (tertiary/aromatic N) is 1. The van der Waals surface area contributed by atoms with E-state index in [9.17, 15) is 5.11 Å². The summed E-state index contributed by atoms with van der Waals surface area (Å²) in [7, 11) is 5.41. The highest BCUT2D eigenvalue weighted by atomic mass is 16.5. The van der Waals surface area contributed by atoms with Gasteiger partial charge in [0.05, 0.1) is 20.3 Å². The second-order valence-corrected chi connectivity index (χ2v) is 6.40. The summed E-state index contributed by atoms with van der Waals surface area (Å²) >= 11 is 0. The number of aliphatic hydroxyl groups is 1. The van der Waals surface area contributed by atoms with Crippen molar-refractivity contribution in [3.8, 4) is 11.5 Å². The summed E-state index contributed by atoms with van der Waals surface area (Å²) in [5.41, 5.74) is 2.41. The van der Waals surface area contributed by atoms with Crippen molar-refractivity contribution in [2.45, 2.75) is 37.5 Å². The van der Waals surface area contributed by atoms with Crippen molar-refractivity contribution >= 4 is 0 Å². The highest BCUT2D eigenvalue weighted by molar-refractivity contribution is 5.50. The Labute approximate surface area is 132 Å². The van der Waals surface area contributed by atoms with Gasteiger partial charge in [0.2, 0.25) is 0 Å². The molecule has 5 heteroatoms. The summed E-state index contributed by atoms with van der Waals surface area (Å²) in [6.45, 7) is 2.74. The van der Waals surface area contributed by atoms with Crippen molar-refractivity contribution in [2.75, 3.05) is 34.4 Å². The summed E-state index contributed by atoms with van der Waals surface area (Å²) < 4.78 is 10.9. The number of likely N-dealkylation sites (N-methyl/N-ethyl adjacent to an activating group) is 1. The van der Waals surface area contributed by atoms with Crippen LogP contribution >= 0.6 is 0 Å². The highest BCUT2D eigenvalue weighted by Crippen LogP contribution is 2.39. The van der Waals surface area contributed by atoms with Crippen LogP contribution < -0.4 is 14.8 Å². The molecule has 0 bridgehead atoms. The van der Waals surface area contributed by atoms with Crippen LogP contribution in [0.1, 0.15) is 29.9 Å². The molecule has 3 unspecified atom stereocenters. The molecule has 1 saturated heterocycles. The molecular formula is C17H26N2O3. The van der Waals surface area contributed by atoms with Crippen molar-refractivity contribution in [1.82, 2.24) is 10.2 Å². The van der Waals surface area contributed by atoms with E-state index in [0.717, 1.165) is 44.0 Å². The molecule has 0 amide bonds. The lowest BCUT2D eigenvalue weighted by Gasteiger charge is -2.37. The van der Waals surface area contributed by atoms with Crippen LogP contribution in [0.5, 0.6) is 11.5 Å². The van der Waals surface area contributed by atoms with E-state index in [2.05, 4.69) is 17.3 Å². The number of benzene rings is 1. The van der Waals surface area contributed by atoms with Gasteiger partial charge in [-0.1, -0.05) is 0 Å². The minimum atomic E-state index is -0.373. The molecule has 0 aromatic heterocycles. The fraction of sp³-hybridized carbons (Fsp3) is 0.647. The zero-order chi connectivity index (χ0) is 15.7. The van der Waals surface area contributed by atoms with Gasteiger partial charge < -0.3 is 24.8 Å². The second kappa shape index (κ2) is 6.44. The fourth-order valence-corrected chi connectivity index (χ4v) is 3.78. The van der Waals surface area contributed by atoms with Gasteiger partial charge in [-0.25, -0.2) is 0 Å². The molecule has 2 heterocycles. The van der Waals surface area contributed by atoms with Gasteiger partial charge in [-0.05, 0) is 49.7 Å². The second-order valence-electron chi connectivity index (χ2n) is 6.40. The molecule has 5 nitrogen and oxygen atoms in total. The number of fused-ring (bicyclic) bond motifs is 1. The first-order valence-corrected chi connectivity index (χ1v) is 7.98. The first-order valence-electron chi connectivity index (χ1n) is 7.98. The summed E-state index contributed by atoms with van der Waals surface area (Å²) in [5.74, 6) is 1.59. The molecule has 1 fully saturated rings. The number of methoxy groups -OCH3 is 2. The number of ether oxygens (including phenoxy) is 2. The Morgan fingerprint density at radius 2 is 2.00 bits per heavy atom. The highest BCUT2D eigenvalue weighted by Gasteiger charge is 2.35. The van der Waals surface area contributed by atoms with E-state index in [1.807, 2.05) is 12.1 Å². The van der Waals surface area contributed by atoms with Crippen molar-refractivity contribution < 1.29 is 14.6 Å². The molecule has 122 valence electrons. The van der Waals surface area contributed by atoms with Gasteiger partial charge in [0, 0.05) is 25.0 Å². The lowest BCUT2D eigenvalue weighted by Crippen LogP contribution is -2.44. The van der Waals surface area contributed by atoms with Crippen molar-refractivity contribution in [2.24, 2.45) is 0 Å². The van der Waals surface area contributed by atoms with Gasteiger partial charge >= 0.3 is 0 Å². The number of nitrogens with one attached hydrogen (secondary N) is 1. The van der Waals surface area contributed by atoms with Crippen LogP contribution in [0.4, 0.5) is 0 Å². The maximum Gasteiger partial charge on any atom is 0.161 e. The molecule has 0 saturated carbocycles. The first-order chi connectivity index (χ1) is 10.6. The van der Waals surface area contributed by atoms with Gasteiger partial charge in [0.15, 0.2) is 11.5 Å². The smallest absolute Gasteiger partial charge is 0.161 e. The Morgan fingerprint density at radius 1 is 1.27 bits per heavy atom. The fourth-order valence-electron chi connectivity index (χ4n) is 3.78. The Balaban J connectivity index is 1.96. The zero-order valence-corrected chi connectivity index (χ0v) is 13.6. The molecule has 0 radical (unpaired) electrons. The monoisotopic (exact) mass is 306 g/mol. The predicted molar refractivity (Wildman–Crippen MR) is 85.7 cm³/mol. The number of rotatable bonds is 4. The minimum absolute atomic E-state index is 0.101. The SMILES string of the molecule is COc1cc2c(cc1OC)C(C(O)C1CCCN1)CN(C)C2. The van der Waals surface area contributed by atoms with Gasteiger partial charge in [0.25, 0.3) is 0 Å². The predicted octanol–water partition coefficient (Wildman–Crippen LogP) is 1.35. The van der Waals surface area contributed by atoms with Gasteiger partial charge in [-0.15, -0.1) is 0 Å². The number of hydrogen-bond donors (Lipinski definition) is 2. The van der Waals surface area contributed by atoms with Crippen LogP contribution in [-0.2, 0) is 6.54 Å². The Kier molecular flexibility index (Phi) is 4.57. The maximum absolute atomic E-state index is 10.9. The van der Waals surface area contributed by atoms with Crippen LogP contribution in [0.2, 0.25) is 0 Å². The van der Waals surface area contributed by atoms with Crippen molar-refractivity contribution in [3.63, 3.8) is 0 Å². The topological polar surface area (TPSA) is 54.0 Å². The largest absolute Gasteiger partial charge is 0.493 e. The van der Waals surface area contributed by atoms with E-state index in [-0.39, 0.29) is 18.1 Å². The van der Waals surface area contributed by atoms with Crippen LogP contribution in [0.25, 0.3) is 0 Å². The third kappa shape index (κ3) is 2.81. The summed E-state index contributed by atoms with van der Waals surface area (Å²) in [5, 5.41) is 14.3. The van der Waals surface area contributed by atoms with E-state index in [4.69, 9.17) is 9.47 Å². The van der Waals surface area contributed by atoms with Crippen LogP contribution in [0.15, 0.2) is 12.1 Å². The van der Waals surface area contributed by atoms with E-state index in [1.54, 1.807) is 14.2 Å². The van der Waals surface area contributed by atoms with Crippen LogP contribution in [-0.4, -0.2) is 56.5 Å². The lowest BCUT2D eigenvalue weighted by molar-refractivity contribution is 0.0832. The number of hydrogen-bond acceptors (Lipinski definition) is 5. The maximum atomic E-state index is 10.9. The van der Waals surface area contributed by atoms with E-state index in [1.165, 1.54) is 11.1 Å². The normalized spacial score (nSPS) is 26.5. The summed E-state index contributed by atoms with van der Waals surface area (Å²) in [6, 6.07) is 4.28. The summed E-state index contributed by atoms with van der Waals surface area (Å²) in [4.78, 5) is 2.26. The quantitative estimate of drug-likeness (QED) is 0.879. The average Bonchev–Trinajstić information content (AvgIpc) is 3.06. The molecule has 22 heavy (non-hydrogen) atoms. The Bertz CT molecular complexity index is 529. The zero-order valence-electron chi connectivity index (χ0n) is 13.6. The lowest BCUT2D eigenvalue weighted by atomic mass is 9.82. The molecule has 2 aliphatic rings. The van der Waals surface area contributed by atoms with E-state index < -0.39 is 0 Å². The Hall–Kier alpha value is -1.30. The molecule has 2 N–H and O–H groups in total. The molecular weight excluding hydrogens is 280 g/mol. The summed E-state index contributed by atoms with van der Waals surface area (Å²) in [6.07, 6.45) is 1.81. The van der Waals surface area contributed by atoms with Crippen LogP contribution in [0.3, 0.4) is 0 Å². The van der Waals surface area contributed by atoms with E-state index >= 15 is 0 Å². The molecule has 0 spiro atoms.